The molecule has 1 aromatic carbocycles. The van der Waals surface area contributed by atoms with Crippen molar-refractivity contribution in [3.05, 3.63) is 29.3 Å². The predicted molar refractivity (Wildman–Crippen MR) is 82.0 cm³/mol. The number of carbonyl (C=O) groups is 2. The van der Waals surface area contributed by atoms with Gasteiger partial charge in [-0.1, -0.05) is 12.1 Å². The third-order valence-electron chi connectivity index (χ3n) is 3.07. The molecule has 0 aromatic heterocycles. The van der Waals surface area contributed by atoms with Crippen molar-refractivity contribution in [3.8, 4) is 5.75 Å². The fraction of sp³-hybridized carbons (Fsp3) is 0.500. The van der Waals surface area contributed by atoms with Crippen molar-refractivity contribution in [3.63, 3.8) is 0 Å². The highest BCUT2D eigenvalue weighted by Gasteiger charge is 2.36. The van der Waals surface area contributed by atoms with Crippen LogP contribution in [0.15, 0.2) is 18.2 Å². The number of phenolic OH excluding ortho intramolecular Hbond substituents is 1. The van der Waals surface area contributed by atoms with Crippen LogP contribution in [0.3, 0.4) is 0 Å². The number of aromatic hydroxyl groups is 1. The Morgan fingerprint density at radius 2 is 1.82 bits per heavy atom. The van der Waals surface area contributed by atoms with E-state index in [4.69, 9.17) is 4.74 Å². The average molecular weight is 309 g/mol. The van der Waals surface area contributed by atoms with Crippen LogP contribution >= 0.6 is 0 Å². The van der Waals surface area contributed by atoms with Gasteiger partial charge >= 0.3 is 12.1 Å². The molecule has 0 aliphatic rings. The van der Waals surface area contributed by atoms with Crippen LogP contribution in [0.25, 0.3) is 0 Å². The second kappa shape index (κ2) is 6.25. The minimum atomic E-state index is -1.51. The summed E-state index contributed by atoms with van der Waals surface area (Å²) in [6.07, 6.45) is -0.712. The number of aliphatic carboxylic acids is 1. The second-order valence-electron chi connectivity index (χ2n) is 6.56. The quantitative estimate of drug-likeness (QED) is 0.794. The molecule has 0 aliphatic carbocycles. The molecule has 0 saturated carbocycles. The Morgan fingerprint density at radius 3 is 2.27 bits per heavy atom. The second-order valence-corrected chi connectivity index (χ2v) is 6.56. The minimum Gasteiger partial charge on any atom is -0.508 e. The van der Waals surface area contributed by atoms with Gasteiger partial charge in [0.05, 0.1) is 0 Å². The van der Waals surface area contributed by atoms with Crippen molar-refractivity contribution >= 4 is 12.1 Å². The zero-order valence-electron chi connectivity index (χ0n) is 13.6. The molecular formula is C16H23NO5. The Morgan fingerprint density at radius 1 is 1.23 bits per heavy atom. The summed E-state index contributed by atoms with van der Waals surface area (Å²) in [5, 5.41) is 21.4. The van der Waals surface area contributed by atoms with E-state index in [-0.39, 0.29) is 12.2 Å². The van der Waals surface area contributed by atoms with Gasteiger partial charge in [0, 0.05) is 6.42 Å². The van der Waals surface area contributed by atoms with E-state index in [2.05, 4.69) is 5.32 Å². The molecule has 122 valence electrons. The monoisotopic (exact) mass is 309 g/mol. The molecule has 3 N–H and O–H groups in total. The third kappa shape index (κ3) is 4.95. The number of hydrogen-bond donors (Lipinski definition) is 3. The minimum absolute atomic E-state index is 0.0721. The number of nitrogens with one attached hydrogen (secondary N) is 1. The van der Waals surface area contributed by atoms with Gasteiger partial charge in [0.2, 0.25) is 0 Å². The summed E-state index contributed by atoms with van der Waals surface area (Å²) in [5.74, 6) is -1.02. The van der Waals surface area contributed by atoms with Crippen molar-refractivity contribution in [1.29, 1.82) is 0 Å². The van der Waals surface area contributed by atoms with Crippen LogP contribution in [-0.4, -0.2) is 33.4 Å². The van der Waals surface area contributed by atoms with Crippen molar-refractivity contribution in [1.82, 2.24) is 5.32 Å². The molecule has 1 unspecified atom stereocenters. The van der Waals surface area contributed by atoms with E-state index in [1.54, 1.807) is 39.8 Å². The fourth-order valence-corrected chi connectivity index (χ4v) is 1.94. The van der Waals surface area contributed by atoms with Crippen LogP contribution in [-0.2, 0) is 16.0 Å². The molecule has 22 heavy (non-hydrogen) atoms. The van der Waals surface area contributed by atoms with Crippen molar-refractivity contribution < 1.29 is 24.5 Å². The summed E-state index contributed by atoms with van der Waals surface area (Å²) in [7, 11) is 0. The van der Waals surface area contributed by atoms with E-state index >= 15 is 0 Å². The lowest BCUT2D eigenvalue weighted by molar-refractivity contribution is -0.144. The maximum Gasteiger partial charge on any atom is 0.408 e. The summed E-state index contributed by atoms with van der Waals surface area (Å²) in [4.78, 5) is 23.4. The fourth-order valence-electron chi connectivity index (χ4n) is 1.94. The number of alkyl carbamates (subject to hydrolysis) is 1. The molecular weight excluding hydrogens is 286 g/mol. The SMILES string of the molecule is Cc1cc(CC(C)(NC(=O)OC(C)(C)C)C(=O)O)ccc1O. The van der Waals surface area contributed by atoms with Crippen LogP contribution in [0.5, 0.6) is 5.75 Å². The maximum absolute atomic E-state index is 11.9. The Balaban J connectivity index is 2.93. The topological polar surface area (TPSA) is 95.9 Å². The Kier molecular flexibility index (Phi) is 5.06. The van der Waals surface area contributed by atoms with Gasteiger partial charge in [0.1, 0.15) is 16.9 Å². The van der Waals surface area contributed by atoms with Crippen molar-refractivity contribution in [2.45, 2.75) is 52.2 Å². The summed E-state index contributed by atoms with van der Waals surface area (Å²) in [6.45, 7) is 8.25. The van der Waals surface area contributed by atoms with E-state index in [0.29, 0.717) is 11.1 Å². The van der Waals surface area contributed by atoms with E-state index in [0.717, 1.165) is 0 Å². The van der Waals surface area contributed by atoms with E-state index in [1.165, 1.54) is 13.0 Å². The predicted octanol–water partition coefficient (Wildman–Crippen LogP) is 2.61. The van der Waals surface area contributed by atoms with Crippen LogP contribution in [0.1, 0.15) is 38.8 Å². The normalized spacial score (nSPS) is 14.0. The zero-order chi connectivity index (χ0) is 17.1. The Bertz CT molecular complexity index is 576. The standard InChI is InChI=1S/C16H23NO5/c1-10-8-11(6-7-12(10)18)9-16(5,13(19)20)17-14(21)22-15(2,3)4/h6-8,18H,9H2,1-5H3,(H,17,21)(H,19,20). The first-order chi connectivity index (χ1) is 9.93. The molecule has 1 aromatic rings. The molecule has 1 atom stereocenters. The number of carbonyl (C=O) groups excluding carboxylic acids is 1. The number of hydrogen-bond acceptors (Lipinski definition) is 4. The van der Waals surface area contributed by atoms with Gasteiger partial charge in [-0.2, -0.15) is 0 Å². The van der Waals surface area contributed by atoms with Crippen LogP contribution in [0.4, 0.5) is 4.79 Å². The van der Waals surface area contributed by atoms with E-state index < -0.39 is 23.2 Å². The number of phenols is 1. The van der Waals surface area contributed by atoms with Gasteiger partial charge in [-0.05, 0) is 51.8 Å². The molecule has 1 rings (SSSR count). The molecule has 6 nitrogen and oxygen atoms in total. The van der Waals surface area contributed by atoms with Crippen molar-refractivity contribution in [2.75, 3.05) is 0 Å². The number of aryl methyl sites for hydroxylation is 1. The highest BCUT2D eigenvalue weighted by atomic mass is 16.6. The van der Waals surface area contributed by atoms with Crippen molar-refractivity contribution in [2.24, 2.45) is 0 Å². The highest BCUT2D eigenvalue weighted by Crippen LogP contribution is 2.21. The van der Waals surface area contributed by atoms with Gasteiger partial charge < -0.3 is 20.3 Å². The van der Waals surface area contributed by atoms with Gasteiger partial charge in [0.25, 0.3) is 0 Å². The third-order valence-corrected chi connectivity index (χ3v) is 3.07. The molecule has 6 heteroatoms. The molecule has 1 amide bonds. The summed E-state index contributed by atoms with van der Waals surface area (Å²) in [5.41, 5.74) is -0.886. The largest absolute Gasteiger partial charge is 0.508 e. The lowest BCUT2D eigenvalue weighted by Gasteiger charge is -2.28. The molecule has 0 heterocycles. The number of carboxylic acids is 1. The van der Waals surface area contributed by atoms with E-state index in [9.17, 15) is 19.8 Å². The first-order valence-corrected chi connectivity index (χ1v) is 6.96. The van der Waals surface area contributed by atoms with Gasteiger partial charge in [-0.25, -0.2) is 9.59 Å². The highest BCUT2D eigenvalue weighted by molar-refractivity contribution is 5.84. The van der Waals surface area contributed by atoms with E-state index in [1.807, 2.05) is 0 Å². The summed E-state index contributed by atoms with van der Waals surface area (Å²) >= 11 is 0. The number of rotatable bonds is 4. The molecule has 0 bridgehead atoms. The average Bonchev–Trinajstić information content (AvgIpc) is 2.31. The summed E-state index contributed by atoms with van der Waals surface area (Å²) < 4.78 is 5.11. The number of ether oxygens (including phenoxy) is 1. The van der Waals surface area contributed by atoms with Crippen LogP contribution < -0.4 is 5.32 Å². The smallest absolute Gasteiger partial charge is 0.408 e. The molecule has 0 fully saturated rings. The molecule has 0 spiro atoms. The molecule has 0 radical (unpaired) electrons. The Hall–Kier alpha value is -2.24. The molecule has 0 saturated heterocycles. The molecule has 0 aliphatic heterocycles. The number of amides is 1. The Labute approximate surface area is 130 Å². The summed E-state index contributed by atoms with van der Waals surface area (Å²) in [6, 6.07) is 4.81. The first-order valence-electron chi connectivity index (χ1n) is 6.96. The number of carboxylic acid groups (broad SMARTS) is 1. The van der Waals surface area contributed by atoms with Crippen LogP contribution in [0, 0.1) is 6.92 Å². The lowest BCUT2D eigenvalue weighted by Crippen LogP contribution is -2.54. The number of benzene rings is 1. The van der Waals surface area contributed by atoms with Gasteiger partial charge in [-0.15, -0.1) is 0 Å². The van der Waals surface area contributed by atoms with Gasteiger partial charge in [0.15, 0.2) is 0 Å². The zero-order valence-corrected chi connectivity index (χ0v) is 13.6. The lowest BCUT2D eigenvalue weighted by atomic mass is 9.92. The maximum atomic E-state index is 11.9. The van der Waals surface area contributed by atoms with Crippen LogP contribution in [0.2, 0.25) is 0 Å². The first kappa shape index (κ1) is 17.8. The van der Waals surface area contributed by atoms with Gasteiger partial charge in [-0.3, -0.25) is 0 Å².